The zero-order valence-corrected chi connectivity index (χ0v) is 12.3. The molecule has 7 heteroatoms. The van der Waals surface area contributed by atoms with Crippen LogP contribution in [0.25, 0.3) is 0 Å². The van der Waals surface area contributed by atoms with Crippen LogP contribution in [0.5, 0.6) is 5.75 Å². The summed E-state index contributed by atoms with van der Waals surface area (Å²) in [5, 5.41) is 3.57. The second-order valence-electron chi connectivity index (χ2n) is 4.12. The van der Waals surface area contributed by atoms with Crippen LogP contribution in [0.3, 0.4) is 0 Å². The van der Waals surface area contributed by atoms with Crippen LogP contribution in [0, 0.1) is 0 Å². The number of hydrogen-bond donors (Lipinski definition) is 2. The normalized spacial score (nSPS) is 10.0. The number of hydrogen-bond acceptors (Lipinski definition) is 6. The Morgan fingerprint density at radius 1 is 1.33 bits per heavy atom. The van der Waals surface area contributed by atoms with Gasteiger partial charge in [0, 0.05) is 5.02 Å². The number of methoxy groups -OCH3 is 2. The number of carbonyl (C=O) groups is 1. The van der Waals surface area contributed by atoms with Crippen molar-refractivity contribution in [1.82, 2.24) is 4.98 Å². The van der Waals surface area contributed by atoms with Crippen molar-refractivity contribution < 1.29 is 14.3 Å². The van der Waals surface area contributed by atoms with Gasteiger partial charge in [0.15, 0.2) is 0 Å². The summed E-state index contributed by atoms with van der Waals surface area (Å²) in [6.45, 7) is 0. The van der Waals surface area contributed by atoms with Crippen LogP contribution >= 0.6 is 11.6 Å². The summed E-state index contributed by atoms with van der Waals surface area (Å²) in [6, 6.07) is 6.63. The lowest BCUT2D eigenvalue weighted by atomic mass is 10.2. The molecule has 21 heavy (non-hydrogen) atoms. The summed E-state index contributed by atoms with van der Waals surface area (Å²) in [5.74, 6) is 0.485. The first-order chi connectivity index (χ1) is 10.0. The van der Waals surface area contributed by atoms with Gasteiger partial charge in [0.2, 0.25) is 0 Å². The number of benzene rings is 1. The largest absolute Gasteiger partial charge is 0.495 e. The highest BCUT2D eigenvalue weighted by atomic mass is 35.5. The standard InChI is InChI=1S/C14H14ClN3O3/c1-20-12-4-3-8(15)5-11(12)18-13-6-9(14(19)21-2)10(16)7-17-13/h3-7H,16H2,1-2H3,(H,17,18). The zero-order chi connectivity index (χ0) is 15.4. The Balaban J connectivity index is 2.36. The number of nitrogens with two attached hydrogens (primary N) is 1. The SMILES string of the molecule is COC(=O)c1cc(Nc2cc(Cl)ccc2OC)ncc1N. The van der Waals surface area contributed by atoms with Crippen molar-refractivity contribution in [3.63, 3.8) is 0 Å². The van der Waals surface area contributed by atoms with E-state index in [9.17, 15) is 4.79 Å². The lowest BCUT2D eigenvalue weighted by Gasteiger charge is -2.12. The van der Waals surface area contributed by atoms with E-state index < -0.39 is 5.97 Å². The molecule has 0 aliphatic carbocycles. The van der Waals surface area contributed by atoms with E-state index in [0.717, 1.165) is 0 Å². The lowest BCUT2D eigenvalue weighted by Crippen LogP contribution is -2.07. The maximum absolute atomic E-state index is 11.6. The number of aromatic nitrogens is 1. The highest BCUT2D eigenvalue weighted by Crippen LogP contribution is 2.30. The number of nitrogens with zero attached hydrogens (tertiary/aromatic N) is 1. The summed E-state index contributed by atoms with van der Waals surface area (Å²) in [6.07, 6.45) is 1.38. The van der Waals surface area contributed by atoms with Gasteiger partial charge >= 0.3 is 5.97 Å². The van der Waals surface area contributed by atoms with Gasteiger partial charge in [-0.05, 0) is 24.3 Å². The molecular weight excluding hydrogens is 294 g/mol. The van der Waals surface area contributed by atoms with Crippen LogP contribution < -0.4 is 15.8 Å². The Hall–Kier alpha value is -2.47. The molecule has 0 bridgehead atoms. The molecule has 6 nitrogen and oxygen atoms in total. The number of ether oxygens (including phenoxy) is 2. The number of anilines is 3. The van der Waals surface area contributed by atoms with Crippen molar-refractivity contribution in [2.45, 2.75) is 0 Å². The Labute approximate surface area is 126 Å². The maximum Gasteiger partial charge on any atom is 0.340 e. The smallest absolute Gasteiger partial charge is 0.340 e. The summed E-state index contributed by atoms with van der Waals surface area (Å²) >= 11 is 5.96. The summed E-state index contributed by atoms with van der Waals surface area (Å²) in [4.78, 5) is 15.7. The molecule has 0 amide bonds. The minimum atomic E-state index is -0.531. The molecule has 0 fully saturated rings. The molecule has 0 saturated carbocycles. The molecule has 0 saturated heterocycles. The van der Waals surface area contributed by atoms with E-state index in [1.807, 2.05) is 0 Å². The van der Waals surface area contributed by atoms with Crippen molar-refractivity contribution in [2.75, 3.05) is 25.3 Å². The van der Waals surface area contributed by atoms with Gasteiger partial charge < -0.3 is 20.5 Å². The monoisotopic (exact) mass is 307 g/mol. The maximum atomic E-state index is 11.6. The van der Waals surface area contributed by atoms with Gasteiger partial charge in [0.05, 0.1) is 37.4 Å². The third kappa shape index (κ3) is 3.35. The Morgan fingerprint density at radius 3 is 2.76 bits per heavy atom. The molecule has 0 atom stereocenters. The molecule has 0 aliphatic heterocycles. The molecule has 2 rings (SSSR count). The average molecular weight is 308 g/mol. The van der Waals surface area contributed by atoms with E-state index in [-0.39, 0.29) is 11.3 Å². The number of halogens is 1. The predicted octanol–water partition coefficient (Wildman–Crippen LogP) is 2.86. The van der Waals surface area contributed by atoms with Gasteiger partial charge in [-0.1, -0.05) is 11.6 Å². The van der Waals surface area contributed by atoms with Crippen LogP contribution in [-0.4, -0.2) is 25.2 Å². The molecule has 1 aromatic heterocycles. The fourth-order valence-electron chi connectivity index (χ4n) is 1.74. The van der Waals surface area contributed by atoms with Crippen LogP contribution in [0.2, 0.25) is 5.02 Å². The summed E-state index contributed by atoms with van der Waals surface area (Å²) < 4.78 is 9.90. The second kappa shape index (κ2) is 6.32. The molecule has 3 N–H and O–H groups in total. The third-order valence-electron chi connectivity index (χ3n) is 2.76. The topological polar surface area (TPSA) is 86.5 Å². The first-order valence-corrected chi connectivity index (χ1v) is 6.37. The fourth-order valence-corrected chi connectivity index (χ4v) is 1.91. The van der Waals surface area contributed by atoms with Crippen LogP contribution in [0.1, 0.15) is 10.4 Å². The van der Waals surface area contributed by atoms with E-state index >= 15 is 0 Å². The minimum absolute atomic E-state index is 0.232. The number of nitrogen functional groups attached to an aromatic ring is 1. The van der Waals surface area contributed by atoms with E-state index in [1.54, 1.807) is 25.3 Å². The first-order valence-electron chi connectivity index (χ1n) is 5.99. The highest BCUT2D eigenvalue weighted by molar-refractivity contribution is 6.31. The minimum Gasteiger partial charge on any atom is -0.495 e. The van der Waals surface area contributed by atoms with E-state index in [0.29, 0.717) is 22.3 Å². The van der Waals surface area contributed by atoms with Crippen molar-refractivity contribution >= 4 is 34.8 Å². The van der Waals surface area contributed by atoms with E-state index in [4.69, 9.17) is 22.1 Å². The van der Waals surface area contributed by atoms with Gasteiger partial charge in [-0.15, -0.1) is 0 Å². The number of rotatable bonds is 4. The Kier molecular flexibility index (Phi) is 4.49. The predicted molar refractivity (Wildman–Crippen MR) is 81.3 cm³/mol. The van der Waals surface area contributed by atoms with Crippen LogP contribution in [0.15, 0.2) is 30.5 Å². The molecule has 2 aromatic rings. The lowest BCUT2D eigenvalue weighted by molar-refractivity contribution is 0.0602. The van der Waals surface area contributed by atoms with Crippen molar-refractivity contribution in [3.05, 3.63) is 41.0 Å². The number of pyridine rings is 1. The highest BCUT2D eigenvalue weighted by Gasteiger charge is 2.13. The molecule has 110 valence electrons. The van der Waals surface area contributed by atoms with Gasteiger partial charge in [-0.25, -0.2) is 9.78 Å². The molecular formula is C14H14ClN3O3. The zero-order valence-electron chi connectivity index (χ0n) is 11.5. The Bertz CT molecular complexity index is 677. The quantitative estimate of drug-likeness (QED) is 0.845. The van der Waals surface area contributed by atoms with Gasteiger partial charge in [-0.2, -0.15) is 0 Å². The molecule has 1 heterocycles. The number of esters is 1. The van der Waals surface area contributed by atoms with Crippen LogP contribution in [-0.2, 0) is 4.74 Å². The summed E-state index contributed by atoms with van der Waals surface area (Å²) in [7, 11) is 2.83. The summed E-state index contributed by atoms with van der Waals surface area (Å²) in [5.41, 5.74) is 6.80. The molecule has 0 unspecified atom stereocenters. The Morgan fingerprint density at radius 2 is 2.10 bits per heavy atom. The molecule has 0 radical (unpaired) electrons. The number of nitrogens with one attached hydrogen (secondary N) is 1. The van der Waals surface area contributed by atoms with Gasteiger partial charge in [-0.3, -0.25) is 0 Å². The first kappa shape index (κ1) is 14.9. The molecule has 0 spiro atoms. The fraction of sp³-hybridized carbons (Fsp3) is 0.143. The number of carbonyl (C=O) groups excluding carboxylic acids is 1. The van der Waals surface area contributed by atoms with E-state index in [2.05, 4.69) is 15.0 Å². The second-order valence-corrected chi connectivity index (χ2v) is 4.55. The molecule has 1 aromatic carbocycles. The average Bonchev–Trinajstić information content (AvgIpc) is 2.48. The third-order valence-corrected chi connectivity index (χ3v) is 3.00. The van der Waals surface area contributed by atoms with Crippen molar-refractivity contribution in [2.24, 2.45) is 0 Å². The molecule has 0 aliphatic rings. The van der Waals surface area contributed by atoms with Crippen molar-refractivity contribution in [1.29, 1.82) is 0 Å². The van der Waals surface area contributed by atoms with Gasteiger partial charge in [0.1, 0.15) is 11.6 Å². The van der Waals surface area contributed by atoms with Crippen LogP contribution in [0.4, 0.5) is 17.2 Å². The van der Waals surface area contributed by atoms with Gasteiger partial charge in [0.25, 0.3) is 0 Å². The van der Waals surface area contributed by atoms with Crippen molar-refractivity contribution in [3.8, 4) is 5.75 Å². The van der Waals surface area contributed by atoms with E-state index in [1.165, 1.54) is 19.4 Å².